The summed E-state index contributed by atoms with van der Waals surface area (Å²) in [6.45, 7) is 4.03. The molecule has 2 atom stereocenters. The molecule has 1 aliphatic rings. The summed E-state index contributed by atoms with van der Waals surface area (Å²) >= 11 is 3.48. The van der Waals surface area contributed by atoms with Crippen LogP contribution in [0.25, 0.3) is 0 Å². The molecule has 1 amide bonds. The van der Waals surface area contributed by atoms with E-state index in [2.05, 4.69) is 45.6 Å². The Bertz CT molecular complexity index is 472. The summed E-state index contributed by atoms with van der Waals surface area (Å²) in [6, 6.07) is 8.53. The van der Waals surface area contributed by atoms with Gasteiger partial charge in [-0.2, -0.15) is 0 Å². The third kappa shape index (κ3) is 5.11. The van der Waals surface area contributed by atoms with Crippen LogP contribution in [0.15, 0.2) is 28.7 Å². The minimum atomic E-state index is -0.180. The maximum atomic E-state index is 12.3. The van der Waals surface area contributed by atoms with Gasteiger partial charge in [-0.05, 0) is 44.4 Å². The first-order valence-corrected chi connectivity index (χ1v) is 8.67. The van der Waals surface area contributed by atoms with Crippen LogP contribution in [0.2, 0.25) is 0 Å². The van der Waals surface area contributed by atoms with Crippen molar-refractivity contribution in [1.29, 1.82) is 0 Å². The highest BCUT2D eigenvalue weighted by Gasteiger charge is 2.20. The molecule has 0 bridgehead atoms. The molecule has 2 N–H and O–H groups in total. The maximum Gasteiger partial charge on any atom is 0.237 e. The number of benzene rings is 1. The lowest BCUT2D eigenvalue weighted by atomic mass is 9.95. The van der Waals surface area contributed by atoms with Crippen molar-refractivity contribution in [3.63, 3.8) is 0 Å². The van der Waals surface area contributed by atoms with Gasteiger partial charge >= 0.3 is 0 Å². The van der Waals surface area contributed by atoms with E-state index in [-0.39, 0.29) is 18.0 Å². The van der Waals surface area contributed by atoms with Crippen LogP contribution in [-0.4, -0.2) is 18.0 Å². The molecule has 0 spiro atoms. The Morgan fingerprint density at radius 2 is 1.95 bits per heavy atom. The Morgan fingerprint density at radius 3 is 2.62 bits per heavy atom. The first-order chi connectivity index (χ1) is 10.1. The summed E-state index contributed by atoms with van der Waals surface area (Å²) < 4.78 is 1.06. The van der Waals surface area contributed by atoms with E-state index < -0.39 is 0 Å². The fraction of sp³-hybridized carbons (Fsp3) is 0.588. The molecule has 1 fully saturated rings. The molecule has 0 radical (unpaired) electrons. The molecule has 4 heteroatoms. The van der Waals surface area contributed by atoms with Crippen LogP contribution in [-0.2, 0) is 4.79 Å². The molecule has 1 aromatic rings. The topological polar surface area (TPSA) is 41.1 Å². The molecular formula is C17H25BrN2O. The number of hydrogen-bond acceptors (Lipinski definition) is 2. The van der Waals surface area contributed by atoms with Gasteiger partial charge < -0.3 is 5.32 Å². The first kappa shape index (κ1) is 16.5. The van der Waals surface area contributed by atoms with Gasteiger partial charge in [0.15, 0.2) is 0 Å². The zero-order valence-electron chi connectivity index (χ0n) is 12.9. The number of rotatable bonds is 5. The third-order valence-corrected chi connectivity index (χ3v) is 4.69. The average Bonchev–Trinajstić information content (AvgIpc) is 2.48. The molecule has 1 aromatic carbocycles. The van der Waals surface area contributed by atoms with E-state index in [0.29, 0.717) is 6.04 Å². The lowest BCUT2D eigenvalue weighted by Crippen LogP contribution is -2.47. The number of halogens is 1. The largest absolute Gasteiger partial charge is 0.352 e. The van der Waals surface area contributed by atoms with Crippen molar-refractivity contribution in [3.8, 4) is 0 Å². The van der Waals surface area contributed by atoms with Gasteiger partial charge in [-0.15, -0.1) is 0 Å². The smallest absolute Gasteiger partial charge is 0.237 e. The number of carbonyl (C=O) groups is 1. The van der Waals surface area contributed by atoms with Gasteiger partial charge in [0.25, 0.3) is 0 Å². The van der Waals surface area contributed by atoms with Crippen LogP contribution < -0.4 is 10.6 Å². The third-order valence-electron chi connectivity index (χ3n) is 4.19. The Kier molecular flexibility index (Phi) is 6.24. The Labute approximate surface area is 136 Å². The summed E-state index contributed by atoms with van der Waals surface area (Å²) in [5.74, 6) is 0.115. The second-order valence-corrected chi connectivity index (χ2v) is 6.92. The van der Waals surface area contributed by atoms with Crippen molar-refractivity contribution < 1.29 is 4.79 Å². The fourth-order valence-electron chi connectivity index (χ4n) is 2.90. The SMILES string of the molecule is CC(NC(C)c1cccc(Br)c1)C(=O)NC1CCCCC1. The molecule has 0 heterocycles. The Balaban J connectivity index is 1.84. The second kappa shape index (κ2) is 7.95. The standard InChI is InChI=1S/C17H25BrN2O/c1-12(14-7-6-8-15(18)11-14)19-13(2)17(21)20-16-9-4-3-5-10-16/h6-8,11-13,16,19H,3-5,9-10H2,1-2H3,(H,20,21). The lowest BCUT2D eigenvalue weighted by molar-refractivity contribution is -0.123. The van der Waals surface area contributed by atoms with Crippen LogP contribution in [0.4, 0.5) is 0 Å². The van der Waals surface area contributed by atoms with Crippen molar-refractivity contribution >= 4 is 21.8 Å². The zero-order valence-corrected chi connectivity index (χ0v) is 14.4. The predicted molar refractivity (Wildman–Crippen MR) is 90.2 cm³/mol. The van der Waals surface area contributed by atoms with Crippen molar-refractivity contribution in [2.75, 3.05) is 0 Å². The van der Waals surface area contributed by atoms with Gasteiger partial charge in [0.2, 0.25) is 5.91 Å². The maximum absolute atomic E-state index is 12.3. The van der Waals surface area contributed by atoms with Gasteiger partial charge in [0.1, 0.15) is 0 Å². The number of amides is 1. The molecule has 1 saturated carbocycles. The van der Waals surface area contributed by atoms with Gasteiger partial charge in [0.05, 0.1) is 6.04 Å². The summed E-state index contributed by atoms with van der Waals surface area (Å²) in [6.07, 6.45) is 6.03. The summed E-state index contributed by atoms with van der Waals surface area (Å²) in [5.41, 5.74) is 1.18. The molecule has 116 valence electrons. The molecule has 2 unspecified atom stereocenters. The monoisotopic (exact) mass is 352 g/mol. The molecular weight excluding hydrogens is 328 g/mol. The number of carbonyl (C=O) groups excluding carboxylic acids is 1. The van der Waals surface area contributed by atoms with Crippen LogP contribution in [0.1, 0.15) is 57.6 Å². The predicted octanol–water partition coefficient (Wildman–Crippen LogP) is 3.94. The van der Waals surface area contributed by atoms with Crippen LogP contribution in [0.5, 0.6) is 0 Å². The summed E-state index contributed by atoms with van der Waals surface area (Å²) in [7, 11) is 0. The quantitative estimate of drug-likeness (QED) is 0.842. The van der Waals surface area contributed by atoms with E-state index in [1.807, 2.05) is 19.1 Å². The minimum Gasteiger partial charge on any atom is -0.352 e. The minimum absolute atomic E-state index is 0.115. The van der Waals surface area contributed by atoms with Crippen LogP contribution >= 0.6 is 15.9 Å². The molecule has 3 nitrogen and oxygen atoms in total. The molecule has 0 saturated heterocycles. The average molecular weight is 353 g/mol. The normalized spacial score (nSPS) is 19.0. The van der Waals surface area contributed by atoms with E-state index in [1.54, 1.807) is 0 Å². The van der Waals surface area contributed by atoms with Crippen LogP contribution in [0.3, 0.4) is 0 Å². The fourth-order valence-corrected chi connectivity index (χ4v) is 3.31. The van der Waals surface area contributed by atoms with Gasteiger partial charge in [-0.3, -0.25) is 10.1 Å². The van der Waals surface area contributed by atoms with E-state index in [0.717, 1.165) is 17.3 Å². The van der Waals surface area contributed by atoms with Gasteiger partial charge in [-0.25, -0.2) is 0 Å². The van der Waals surface area contributed by atoms with E-state index >= 15 is 0 Å². The molecule has 0 aliphatic heterocycles. The number of nitrogens with one attached hydrogen (secondary N) is 2. The van der Waals surface area contributed by atoms with E-state index in [4.69, 9.17) is 0 Å². The summed E-state index contributed by atoms with van der Waals surface area (Å²) in [4.78, 5) is 12.3. The summed E-state index contributed by atoms with van der Waals surface area (Å²) in [5, 5.41) is 6.56. The van der Waals surface area contributed by atoms with Gasteiger partial charge in [-0.1, -0.05) is 47.3 Å². The van der Waals surface area contributed by atoms with Crippen molar-refractivity contribution in [2.45, 2.75) is 64.1 Å². The van der Waals surface area contributed by atoms with Gasteiger partial charge in [0, 0.05) is 16.6 Å². The van der Waals surface area contributed by atoms with Crippen molar-refractivity contribution in [1.82, 2.24) is 10.6 Å². The highest BCUT2D eigenvalue weighted by Crippen LogP contribution is 2.19. The first-order valence-electron chi connectivity index (χ1n) is 7.88. The molecule has 2 rings (SSSR count). The molecule has 21 heavy (non-hydrogen) atoms. The Hall–Kier alpha value is -0.870. The molecule has 1 aliphatic carbocycles. The van der Waals surface area contributed by atoms with E-state index in [1.165, 1.54) is 24.8 Å². The Morgan fingerprint density at radius 1 is 1.24 bits per heavy atom. The zero-order chi connectivity index (χ0) is 15.2. The lowest BCUT2D eigenvalue weighted by Gasteiger charge is -2.26. The number of hydrogen-bond donors (Lipinski definition) is 2. The van der Waals surface area contributed by atoms with Crippen molar-refractivity contribution in [3.05, 3.63) is 34.3 Å². The highest BCUT2D eigenvalue weighted by atomic mass is 79.9. The second-order valence-electron chi connectivity index (χ2n) is 6.01. The van der Waals surface area contributed by atoms with Crippen LogP contribution in [0, 0.1) is 0 Å². The molecule has 0 aromatic heterocycles. The highest BCUT2D eigenvalue weighted by molar-refractivity contribution is 9.10. The van der Waals surface area contributed by atoms with Crippen molar-refractivity contribution in [2.24, 2.45) is 0 Å². The van der Waals surface area contributed by atoms with E-state index in [9.17, 15) is 4.79 Å².